The Hall–Kier alpha value is -2.83. The van der Waals surface area contributed by atoms with Gasteiger partial charge in [-0.25, -0.2) is 4.98 Å². The van der Waals surface area contributed by atoms with Gasteiger partial charge >= 0.3 is 6.18 Å². The number of alkyl halides is 3. The van der Waals surface area contributed by atoms with Crippen LogP contribution in [0.4, 0.5) is 13.2 Å². The van der Waals surface area contributed by atoms with Crippen molar-refractivity contribution in [1.29, 1.82) is 0 Å². The number of ether oxygens (including phenoxy) is 1. The Kier molecular flexibility index (Phi) is 6.03. The third kappa shape index (κ3) is 4.92. The first-order valence-corrected chi connectivity index (χ1v) is 10.7. The van der Waals surface area contributed by atoms with Gasteiger partial charge in [0.05, 0.1) is 16.8 Å². The minimum atomic E-state index is -4.34. The molecule has 0 radical (unpaired) electrons. The number of nitrogens with zero attached hydrogens (tertiary/aromatic N) is 1. The van der Waals surface area contributed by atoms with Gasteiger partial charge in [0, 0.05) is 16.0 Å². The lowest BCUT2D eigenvalue weighted by Gasteiger charge is -2.14. The summed E-state index contributed by atoms with van der Waals surface area (Å²) in [6.07, 6.45) is -4.34. The Labute approximate surface area is 186 Å². The zero-order valence-electron chi connectivity index (χ0n) is 16.4. The number of benzene rings is 3. The first kappa shape index (κ1) is 21.4. The molecule has 0 bridgehead atoms. The standard InChI is InChI=1S/C24H17ClF3NOS/c1-15-10-17(16-4-6-19(7-5-16)24(26,27)28)2-3-18(15)12-30-23-11-20(25)8-9-21(23)22-13-31-14-29-22/h2-11,13-14H,12H2,1H3. The lowest BCUT2D eigenvalue weighted by atomic mass is 9.99. The molecular formula is C24H17ClF3NOS. The van der Waals surface area contributed by atoms with Crippen LogP contribution in [0.3, 0.4) is 0 Å². The molecule has 0 aliphatic carbocycles. The van der Waals surface area contributed by atoms with Gasteiger partial charge in [-0.15, -0.1) is 11.3 Å². The number of hydrogen-bond donors (Lipinski definition) is 0. The summed E-state index contributed by atoms with van der Waals surface area (Å²) in [7, 11) is 0. The Morgan fingerprint density at radius 1 is 0.968 bits per heavy atom. The summed E-state index contributed by atoms with van der Waals surface area (Å²) in [6.45, 7) is 2.28. The van der Waals surface area contributed by atoms with Crippen molar-refractivity contribution in [2.24, 2.45) is 0 Å². The van der Waals surface area contributed by atoms with Gasteiger partial charge in [0.25, 0.3) is 0 Å². The molecule has 0 N–H and O–H groups in total. The summed E-state index contributed by atoms with van der Waals surface area (Å²) in [5.41, 5.74) is 6.32. The molecule has 1 heterocycles. The van der Waals surface area contributed by atoms with E-state index < -0.39 is 11.7 Å². The summed E-state index contributed by atoms with van der Waals surface area (Å²) >= 11 is 7.65. The van der Waals surface area contributed by atoms with Crippen LogP contribution in [0.5, 0.6) is 5.75 Å². The maximum absolute atomic E-state index is 12.8. The molecule has 0 aliphatic rings. The summed E-state index contributed by atoms with van der Waals surface area (Å²) < 4.78 is 44.4. The first-order chi connectivity index (χ1) is 14.8. The van der Waals surface area contributed by atoms with E-state index in [4.69, 9.17) is 16.3 Å². The maximum Gasteiger partial charge on any atom is 0.416 e. The van der Waals surface area contributed by atoms with E-state index in [1.54, 1.807) is 17.6 Å². The lowest BCUT2D eigenvalue weighted by molar-refractivity contribution is -0.137. The molecule has 0 atom stereocenters. The highest BCUT2D eigenvalue weighted by Gasteiger charge is 2.29. The van der Waals surface area contributed by atoms with Crippen molar-refractivity contribution in [2.75, 3.05) is 0 Å². The Morgan fingerprint density at radius 3 is 2.35 bits per heavy atom. The normalized spacial score (nSPS) is 11.5. The smallest absolute Gasteiger partial charge is 0.416 e. The predicted octanol–water partition coefficient (Wildman–Crippen LogP) is 8.04. The van der Waals surface area contributed by atoms with E-state index in [1.165, 1.54) is 23.5 Å². The van der Waals surface area contributed by atoms with Crippen LogP contribution in [0.2, 0.25) is 5.02 Å². The first-order valence-electron chi connectivity index (χ1n) is 9.39. The van der Waals surface area contributed by atoms with Crippen LogP contribution >= 0.6 is 22.9 Å². The molecular weight excluding hydrogens is 443 g/mol. The Bertz CT molecular complexity index is 1190. The average molecular weight is 460 g/mol. The summed E-state index contributed by atoms with van der Waals surface area (Å²) in [6, 6.07) is 16.4. The van der Waals surface area contributed by atoms with Gasteiger partial charge < -0.3 is 4.74 Å². The van der Waals surface area contributed by atoms with Crippen LogP contribution in [0.15, 0.2) is 71.6 Å². The minimum Gasteiger partial charge on any atom is -0.488 e. The van der Waals surface area contributed by atoms with Gasteiger partial charge in [0.2, 0.25) is 0 Å². The fourth-order valence-corrected chi connectivity index (χ4v) is 3.93. The highest BCUT2D eigenvalue weighted by Crippen LogP contribution is 2.34. The van der Waals surface area contributed by atoms with Gasteiger partial charge in [0.1, 0.15) is 12.4 Å². The molecule has 0 unspecified atom stereocenters. The van der Waals surface area contributed by atoms with Gasteiger partial charge in [-0.3, -0.25) is 0 Å². The van der Waals surface area contributed by atoms with E-state index in [0.717, 1.165) is 45.6 Å². The minimum absolute atomic E-state index is 0.330. The molecule has 0 amide bonds. The van der Waals surface area contributed by atoms with E-state index in [0.29, 0.717) is 17.4 Å². The fraction of sp³-hybridized carbons (Fsp3) is 0.125. The van der Waals surface area contributed by atoms with Crippen molar-refractivity contribution in [3.63, 3.8) is 0 Å². The molecule has 4 aromatic rings. The number of aryl methyl sites for hydroxylation is 1. The van der Waals surface area contributed by atoms with Crippen molar-refractivity contribution in [3.05, 3.63) is 93.3 Å². The largest absolute Gasteiger partial charge is 0.488 e. The number of rotatable bonds is 5. The SMILES string of the molecule is Cc1cc(-c2ccc(C(F)(F)F)cc2)ccc1COc1cc(Cl)ccc1-c1cscn1. The van der Waals surface area contributed by atoms with Crippen LogP contribution in [0, 0.1) is 6.92 Å². The van der Waals surface area contributed by atoms with E-state index in [9.17, 15) is 13.2 Å². The molecule has 0 saturated carbocycles. The summed E-state index contributed by atoms with van der Waals surface area (Å²) in [4.78, 5) is 4.34. The number of halogens is 4. The quantitative estimate of drug-likeness (QED) is 0.301. The molecule has 0 aliphatic heterocycles. The van der Waals surface area contributed by atoms with Gasteiger partial charge in [0.15, 0.2) is 0 Å². The third-order valence-electron chi connectivity index (χ3n) is 4.92. The topological polar surface area (TPSA) is 22.1 Å². The van der Waals surface area contributed by atoms with E-state index in [1.807, 2.05) is 36.6 Å². The molecule has 158 valence electrons. The van der Waals surface area contributed by atoms with Crippen LogP contribution in [0.25, 0.3) is 22.4 Å². The van der Waals surface area contributed by atoms with Crippen molar-refractivity contribution in [3.8, 4) is 28.1 Å². The Morgan fingerprint density at radius 2 is 1.71 bits per heavy atom. The van der Waals surface area contributed by atoms with Gasteiger partial charge in [-0.2, -0.15) is 13.2 Å². The molecule has 0 spiro atoms. The molecule has 31 heavy (non-hydrogen) atoms. The summed E-state index contributed by atoms with van der Waals surface area (Å²) in [5, 5.41) is 2.52. The molecule has 4 rings (SSSR count). The highest BCUT2D eigenvalue weighted by molar-refractivity contribution is 7.07. The van der Waals surface area contributed by atoms with Gasteiger partial charge in [-0.1, -0.05) is 41.9 Å². The van der Waals surface area contributed by atoms with Crippen molar-refractivity contribution >= 4 is 22.9 Å². The second-order valence-corrected chi connectivity index (χ2v) is 8.17. The highest BCUT2D eigenvalue weighted by atomic mass is 35.5. The fourth-order valence-electron chi connectivity index (χ4n) is 3.22. The van der Waals surface area contributed by atoms with Crippen molar-refractivity contribution in [1.82, 2.24) is 4.98 Å². The molecule has 3 aromatic carbocycles. The zero-order chi connectivity index (χ0) is 22.0. The van der Waals surface area contributed by atoms with Crippen LogP contribution in [-0.4, -0.2) is 4.98 Å². The predicted molar refractivity (Wildman–Crippen MR) is 119 cm³/mol. The van der Waals surface area contributed by atoms with Crippen LogP contribution < -0.4 is 4.74 Å². The number of aromatic nitrogens is 1. The van der Waals surface area contributed by atoms with Crippen molar-refractivity contribution < 1.29 is 17.9 Å². The van der Waals surface area contributed by atoms with E-state index >= 15 is 0 Å². The maximum atomic E-state index is 12.8. The molecule has 2 nitrogen and oxygen atoms in total. The molecule has 0 fully saturated rings. The van der Waals surface area contributed by atoms with E-state index in [-0.39, 0.29) is 0 Å². The third-order valence-corrected chi connectivity index (χ3v) is 5.74. The summed E-state index contributed by atoms with van der Waals surface area (Å²) in [5.74, 6) is 0.643. The lowest BCUT2D eigenvalue weighted by Crippen LogP contribution is -2.04. The van der Waals surface area contributed by atoms with Crippen LogP contribution in [0.1, 0.15) is 16.7 Å². The second-order valence-electron chi connectivity index (χ2n) is 7.02. The van der Waals surface area contributed by atoms with Crippen LogP contribution in [-0.2, 0) is 12.8 Å². The number of thiazole rings is 1. The molecule has 7 heteroatoms. The Balaban J connectivity index is 1.53. The monoisotopic (exact) mass is 459 g/mol. The van der Waals surface area contributed by atoms with Gasteiger partial charge in [-0.05, 0) is 59.5 Å². The van der Waals surface area contributed by atoms with E-state index in [2.05, 4.69) is 4.98 Å². The second kappa shape index (κ2) is 8.73. The number of hydrogen-bond acceptors (Lipinski definition) is 3. The molecule has 1 aromatic heterocycles. The average Bonchev–Trinajstić information content (AvgIpc) is 3.27. The zero-order valence-corrected chi connectivity index (χ0v) is 18.0. The van der Waals surface area contributed by atoms with Crippen molar-refractivity contribution in [2.45, 2.75) is 19.7 Å². The molecule has 0 saturated heterocycles.